The van der Waals surface area contributed by atoms with Crippen LogP contribution in [0.5, 0.6) is 0 Å². The van der Waals surface area contributed by atoms with Crippen molar-refractivity contribution in [3.63, 3.8) is 0 Å². The summed E-state index contributed by atoms with van der Waals surface area (Å²) in [6.07, 6.45) is 3.01. The highest BCUT2D eigenvalue weighted by atomic mass is 16.2. The van der Waals surface area contributed by atoms with Gasteiger partial charge in [-0.3, -0.25) is 14.2 Å². The largest absolute Gasteiger partial charge is 0.342 e. The van der Waals surface area contributed by atoms with E-state index in [0.29, 0.717) is 13.1 Å². The summed E-state index contributed by atoms with van der Waals surface area (Å²) in [6.45, 7) is 4.37. The van der Waals surface area contributed by atoms with Crippen molar-refractivity contribution in [2.24, 2.45) is 0 Å². The average Bonchev–Trinajstić information content (AvgIpc) is 3.29. The second-order valence-electron chi connectivity index (χ2n) is 5.03. The van der Waals surface area contributed by atoms with Crippen molar-refractivity contribution in [3.05, 3.63) is 32.6 Å². The molecule has 0 N–H and O–H groups in total. The molecule has 1 aliphatic rings. The second kappa shape index (κ2) is 5.95. The van der Waals surface area contributed by atoms with Crippen molar-refractivity contribution >= 4 is 5.91 Å². The van der Waals surface area contributed by atoms with E-state index in [4.69, 9.17) is 5.26 Å². The van der Waals surface area contributed by atoms with E-state index >= 15 is 0 Å². The molecule has 0 spiro atoms. The number of amides is 1. The quantitative estimate of drug-likeness (QED) is 0.768. The van der Waals surface area contributed by atoms with E-state index in [1.165, 1.54) is 10.8 Å². The maximum atomic E-state index is 12.3. The van der Waals surface area contributed by atoms with Crippen LogP contribution in [-0.2, 0) is 11.3 Å². The lowest BCUT2D eigenvalue weighted by Crippen LogP contribution is -2.45. The van der Waals surface area contributed by atoms with Crippen LogP contribution in [0.25, 0.3) is 0 Å². The van der Waals surface area contributed by atoms with Crippen LogP contribution in [0.3, 0.4) is 0 Å². The number of likely N-dealkylation sites (N-methyl/N-ethyl adjacent to an activating group) is 1. The highest BCUT2D eigenvalue weighted by Gasteiger charge is 2.27. The smallest absolute Gasteiger partial charge is 0.331 e. The van der Waals surface area contributed by atoms with Crippen LogP contribution < -0.4 is 11.2 Å². The van der Waals surface area contributed by atoms with Gasteiger partial charge in [-0.2, -0.15) is 5.26 Å². The van der Waals surface area contributed by atoms with Gasteiger partial charge in [-0.15, -0.1) is 0 Å². The van der Waals surface area contributed by atoms with E-state index in [1.54, 1.807) is 11.0 Å². The third-order valence-electron chi connectivity index (χ3n) is 3.67. The van der Waals surface area contributed by atoms with Gasteiger partial charge in [0.1, 0.15) is 18.2 Å². The van der Waals surface area contributed by atoms with Gasteiger partial charge >= 0.3 is 5.69 Å². The van der Waals surface area contributed by atoms with Crippen LogP contribution in [0.4, 0.5) is 0 Å². The zero-order valence-corrected chi connectivity index (χ0v) is 12.2. The first-order valence-electron chi connectivity index (χ1n) is 7.07. The molecule has 1 aromatic heterocycles. The fourth-order valence-corrected chi connectivity index (χ4v) is 2.26. The Balaban J connectivity index is 2.45. The molecule has 0 bridgehead atoms. The van der Waals surface area contributed by atoms with Crippen LogP contribution in [0.1, 0.15) is 38.3 Å². The number of rotatable bonds is 5. The van der Waals surface area contributed by atoms with Gasteiger partial charge in [0.25, 0.3) is 5.56 Å². The van der Waals surface area contributed by atoms with Crippen molar-refractivity contribution < 1.29 is 4.79 Å². The summed E-state index contributed by atoms with van der Waals surface area (Å²) in [4.78, 5) is 38.1. The molecule has 0 atom stereocenters. The molecule has 0 unspecified atom stereocenters. The average molecular weight is 290 g/mol. The minimum absolute atomic E-state index is 0.0417. The van der Waals surface area contributed by atoms with Crippen molar-refractivity contribution in [2.75, 3.05) is 13.1 Å². The Kier molecular flexibility index (Phi) is 4.26. The molecule has 1 amide bonds. The van der Waals surface area contributed by atoms with Crippen LogP contribution >= 0.6 is 0 Å². The Bertz CT molecular complexity index is 702. The maximum Gasteiger partial charge on any atom is 0.331 e. The molecule has 1 saturated carbocycles. The zero-order chi connectivity index (χ0) is 15.6. The highest BCUT2D eigenvalue weighted by molar-refractivity contribution is 5.75. The van der Waals surface area contributed by atoms with E-state index in [0.717, 1.165) is 17.4 Å². The monoisotopic (exact) mass is 290 g/mol. The van der Waals surface area contributed by atoms with Crippen LogP contribution in [0.2, 0.25) is 0 Å². The van der Waals surface area contributed by atoms with Crippen molar-refractivity contribution in [3.8, 4) is 6.07 Å². The summed E-state index contributed by atoms with van der Waals surface area (Å²) >= 11 is 0. The molecule has 0 aliphatic heterocycles. The van der Waals surface area contributed by atoms with E-state index in [1.807, 2.05) is 13.8 Å². The Morgan fingerprint density at radius 1 is 1.38 bits per heavy atom. The van der Waals surface area contributed by atoms with Gasteiger partial charge in [0, 0.05) is 25.3 Å². The van der Waals surface area contributed by atoms with Crippen molar-refractivity contribution in [1.82, 2.24) is 14.0 Å². The topological polar surface area (TPSA) is 88.1 Å². The predicted octanol–water partition coefficient (Wildman–Crippen LogP) is 0.0850. The molecular formula is C14H18N4O3. The minimum atomic E-state index is -0.695. The first kappa shape index (κ1) is 15.0. The molecule has 7 nitrogen and oxygen atoms in total. The van der Waals surface area contributed by atoms with Gasteiger partial charge in [-0.1, -0.05) is 0 Å². The summed E-state index contributed by atoms with van der Waals surface area (Å²) in [7, 11) is 0. The van der Waals surface area contributed by atoms with Gasteiger partial charge in [0.2, 0.25) is 5.91 Å². The van der Waals surface area contributed by atoms with E-state index in [9.17, 15) is 14.4 Å². The molecule has 1 heterocycles. The molecule has 0 radical (unpaired) electrons. The fourth-order valence-electron chi connectivity index (χ4n) is 2.26. The summed E-state index contributed by atoms with van der Waals surface area (Å²) in [5.74, 6) is -0.295. The van der Waals surface area contributed by atoms with Crippen molar-refractivity contribution in [2.45, 2.75) is 39.3 Å². The Hall–Kier alpha value is -2.36. The SMILES string of the molecule is CCN(CC)C(=O)Cn1c(=O)c(C#N)cn(C2CC2)c1=O. The van der Waals surface area contributed by atoms with Gasteiger partial charge in [0.15, 0.2) is 0 Å². The summed E-state index contributed by atoms with van der Waals surface area (Å²) in [5.41, 5.74) is -1.31. The van der Waals surface area contributed by atoms with Crippen LogP contribution in [0, 0.1) is 11.3 Å². The number of hydrogen-bond acceptors (Lipinski definition) is 4. The van der Waals surface area contributed by atoms with Gasteiger partial charge < -0.3 is 4.90 Å². The Labute approximate surface area is 122 Å². The highest BCUT2D eigenvalue weighted by Crippen LogP contribution is 2.33. The molecule has 1 aromatic rings. The number of aromatic nitrogens is 2. The molecule has 0 aromatic carbocycles. The Morgan fingerprint density at radius 2 is 2.00 bits per heavy atom. The fraction of sp³-hybridized carbons (Fsp3) is 0.571. The molecule has 7 heteroatoms. The van der Waals surface area contributed by atoms with E-state index in [2.05, 4.69) is 0 Å². The number of carbonyl (C=O) groups is 1. The summed E-state index contributed by atoms with van der Waals surface area (Å²) in [6, 6.07) is 1.84. The van der Waals surface area contributed by atoms with E-state index in [-0.39, 0.29) is 24.1 Å². The first-order valence-corrected chi connectivity index (χ1v) is 7.07. The standard InChI is InChI=1S/C14H18N4O3/c1-3-16(4-2)12(19)9-18-13(20)10(7-15)8-17(14(18)21)11-5-6-11/h8,11H,3-6,9H2,1-2H3. The number of hydrogen-bond donors (Lipinski definition) is 0. The van der Waals surface area contributed by atoms with Crippen molar-refractivity contribution in [1.29, 1.82) is 5.26 Å². The molecule has 21 heavy (non-hydrogen) atoms. The predicted molar refractivity (Wildman–Crippen MR) is 75.9 cm³/mol. The molecule has 1 aliphatic carbocycles. The minimum Gasteiger partial charge on any atom is -0.342 e. The first-order chi connectivity index (χ1) is 10.0. The van der Waals surface area contributed by atoms with Crippen LogP contribution in [-0.4, -0.2) is 33.0 Å². The van der Waals surface area contributed by atoms with Crippen LogP contribution in [0.15, 0.2) is 15.8 Å². The summed E-state index contributed by atoms with van der Waals surface area (Å²) in [5, 5.41) is 9.02. The molecule has 2 rings (SSSR count). The third-order valence-corrected chi connectivity index (χ3v) is 3.67. The molecule has 1 fully saturated rings. The number of nitriles is 1. The lowest BCUT2D eigenvalue weighted by Gasteiger charge is -2.19. The van der Waals surface area contributed by atoms with Gasteiger partial charge in [-0.05, 0) is 26.7 Å². The molecule has 0 saturated heterocycles. The molecular weight excluding hydrogens is 272 g/mol. The van der Waals surface area contributed by atoms with E-state index < -0.39 is 11.2 Å². The third kappa shape index (κ3) is 2.89. The lowest BCUT2D eigenvalue weighted by atomic mass is 10.3. The van der Waals surface area contributed by atoms with Gasteiger partial charge in [0.05, 0.1) is 0 Å². The molecule has 112 valence electrons. The summed E-state index contributed by atoms with van der Waals surface area (Å²) < 4.78 is 2.27. The Morgan fingerprint density at radius 3 is 2.48 bits per heavy atom. The number of nitrogens with zero attached hydrogens (tertiary/aromatic N) is 4. The maximum absolute atomic E-state index is 12.3. The zero-order valence-electron chi connectivity index (χ0n) is 12.2. The number of carbonyl (C=O) groups excluding carboxylic acids is 1. The second-order valence-corrected chi connectivity index (χ2v) is 5.03. The lowest BCUT2D eigenvalue weighted by molar-refractivity contribution is -0.131. The van der Waals surface area contributed by atoms with Gasteiger partial charge in [-0.25, -0.2) is 9.36 Å². The normalized spacial score (nSPS) is 13.8.